The van der Waals surface area contributed by atoms with Crippen LogP contribution in [0.25, 0.3) is 0 Å². The maximum atomic E-state index is 12.5. The molecule has 7 heteroatoms. The topological polar surface area (TPSA) is 90.5 Å². The summed E-state index contributed by atoms with van der Waals surface area (Å²) in [7, 11) is 0. The van der Waals surface area contributed by atoms with E-state index in [-0.39, 0.29) is 23.7 Å². The number of allylic oxidation sites excluding steroid dienone is 1. The number of hydrogen-bond donors (Lipinski definition) is 1. The lowest BCUT2D eigenvalue weighted by Gasteiger charge is -2.07. The highest BCUT2D eigenvalue weighted by Crippen LogP contribution is 2.17. The van der Waals surface area contributed by atoms with Crippen molar-refractivity contribution < 1.29 is 23.5 Å². The molecule has 0 fully saturated rings. The van der Waals surface area contributed by atoms with Crippen LogP contribution in [0.1, 0.15) is 42.7 Å². The predicted molar refractivity (Wildman–Crippen MR) is 112 cm³/mol. The van der Waals surface area contributed by atoms with Gasteiger partial charge in [0.05, 0.1) is 11.8 Å². The molecule has 0 atom stereocenters. The van der Waals surface area contributed by atoms with Gasteiger partial charge in [-0.25, -0.2) is 4.79 Å². The molecular formula is C23H22N2O5. The number of carbonyl (C=O) groups excluding carboxylic acids is 3. The maximum absolute atomic E-state index is 12.5. The minimum absolute atomic E-state index is 0.185. The number of aryl methyl sites for hydroxylation is 1. The molecule has 2 heterocycles. The summed E-state index contributed by atoms with van der Waals surface area (Å²) in [4.78, 5) is 36.7. The molecule has 3 aromatic rings. The zero-order chi connectivity index (χ0) is 21.7. The number of nitrogens with one attached hydrogen (secondary N) is 1. The molecule has 1 amide bonds. The van der Waals surface area contributed by atoms with E-state index in [0.29, 0.717) is 17.8 Å². The van der Waals surface area contributed by atoms with E-state index in [0.717, 1.165) is 11.4 Å². The molecule has 0 aliphatic carbocycles. The molecule has 1 N–H and O–H groups in total. The summed E-state index contributed by atoms with van der Waals surface area (Å²) in [6, 6.07) is 11.1. The lowest BCUT2D eigenvalue weighted by Crippen LogP contribution is -2.15. The number of rotatable bonds is 8. The van der Waals surface area contributed by atoms with Crippen LogP contribution in [0.2, 0.25) is 0 Å². The van der Waals surface area contributed by atoms with E-state index < -0.39 is 11.9 Å². The van der Waals surface area contributed by atoms with Crippen molar-refractivity contribution >= 4 is 23.3 Å². The van der Waals surface area contributed by atoms with Crippen LogP contribution in [0.3, 0.4) is 0 Å². The number of Topliss-reactive ketones (excluding diaryl/α,β-unsaturated/α-hetero) is 1. The van der Waals surface area contributed by atoms with Crippen molar-refractivity contribution in [3.63, 3.8) is 0 Å². The van der Waals surface area contributed by atoms with Gasteiger partial charge >= 0.3 is 5.97 Å². The average Bonchev–Trinajstić information content (AvgIpc) is 3.37. The molecule has 7 nitrogen and oxygen atoms in total. The Hall–Kier alpha value is -3.87. The van der Waals surface area contributed by atoms with Crippen LogP contribution in [0.4, 0.5) is 5.69 Å². The van der Waals surface area contributed by atoms with Gasteiger partial charge in [0.1, 0.15) is 0 Å². The second-order valence-electron chi connectivity index (χ2n) is 6.69. The van der Waals surface area contributed by atoms with Crippen LogP contribution in [0.5, 0.6) is 0 Å². The number of ketones is 1. The van der Waals surface area contributed by atoms with Gasteiger partial charge in [-0.05, 0) is 56.3 Å². The number of amides is 1. The van der Waals surface area contributed by atoms with Crippen molar-refractivity contribution in [2.75, 3.05) is 11.9 Å². The summed E-state index contributed by atoms with van der Waals surface area (Å²) in [6.45, 7) is 7.73. The zero-order valence-corrected chi connectivity index (χ0v) is 16.8. The first-order valence-electron chi connectivity index (χ1n) is 9.33. The van der Waals surface area contributed by atoms with Gasteiger partial charge in [0, 0.05) is 29.2 Å². The van der Waals surface area contributed by atoms with E-state index in [1.54, 1.807) is 36.4 Å². The fraction of sp³-hybridized carbons (Fsp3) is 0.174. The summed E-state index contributed by atoms with van der Waals surface area (Å²) in [5, 5.41) is 2.66. The SMILES string of the molecule is C=CCn1c(C)cc(C(=O)COC(=O)c2ccc(NC(=O)c3ccco3)cc2)c1C. The quantitative estimate of drug-likeness (QED) is 0.344. The molecule has 30 heavy (non-hydrogen) atoms. The minimum atomic E-state index is -0.618. The molecule has 0 radical (unpaired) electrons. The number of carbonyl (C=O) groups is 3. The van der Waals surface area contributed by atoms with E-state index in [1.807, 2.05) is 18.4 Å². The molecule has 0 unspecified atom stereocenters. The van der Waals surface area contributed by atoms with Gasteiger partial charge < -0.3 is 19.0 Å². The average molecular weight is 406 g/mol. The Kier molecular flexibility index (Phi) is 6.32. The summed E-state index contributed by atoms with van der Waals surface area (Å²) < 4.78 is 12.2. The van der Waals surface area contributed by atoms with Gasteiger partial charge in [0.25, 0.3) is 5.91 Å². The summed E-state index contributed by atoms with van der Waals surface area (Å²) in [6.07, 6.45) is 3.17. The molecule has 0 saturated carbocycles. The van der Waals surface area contributed by atoms with Crippen LogP contribution >= 0.6 is 0 Å². The van der Waals surface area contributed by atoms with Crippen LogP contribution < -0.4 is 5.32 Å². The zero-order valence-electron chi connectivity index (χ0n) is 16.8. The smallest absolute Gasteiger partial charge is 0.338 e. The third kappa shape index (κ3) is 4.57. The maximum Gasteiger partial charge on any atom is 0.338 e. The highest BCUT2D eigenvalue weighted by atomic mass is 16.5. The molecule has 154 valence electrons. The first-order chi connectivity index (χ1) is 14.4. The van der Waals surface area contributed by atoms with Crippen LogP contribution in [-0.2, 0) is 11.3 Å². The molecule has 0 aliphatic heterocycles. The largest absolute Gasteiger partial charge is 0.459 e. The Morgan fingerprint density at radius 2 is 1.90 bits per heavy atom. The van der Waals surface area contributed by atoms with E-state index in [9.17, 15) is 14.4 Å². The fourth-order valence-corrected chi connectivity index (χ4v) is 3.08. The minimum Gasteiger partial charge on any atom is -0.459 e. The Balaban J connectivity index is 1.58. The van der Waals surface area contributed by atoms with E-state index in [1.165, 1.54) is 18.4 Å². The molecule has 1 aromatic carbocycles. The van der Waals surface area contributed by atoms with Gasteiger partial charge in [0.15, 0.2) is 12.4 Å². The Morgan fingerprint density at radius 3 is 2.53 bits per heavy atom. The van der Waals surface area contributed by atoms with Crippen LogP contribution in [0, 0.1) is 13.8 Å². The third-order valence-electron chi connectivity index (χ3n) is 4.64. The number of aromatic nitrogens is 1. The first kappa shape index (κ1) is 20.9. The van der Waals surface area contributed by atoms with Gasteiger partial charge in [-0.2, -0.15) is 0 Å². The van der Waals surface area contributed by atoms with Crippen molar-refractivity contribution in [1.82, 2.24) is 4.57 Å². The lowest BCUT2D eigenvalue weighted by molar-refractivity contribution is 0.0474. The van der Waals surface area contributed by atoms with Crippen molar-refractivity contribution in [2.24, 2.45) is 0 Å². The third-order valence-corrected chi connectivity index (χ3v) is 4.64. The lowest BCUT2D eigenvalue weighted by atomic mass is 10.1. The molecule has 3 rings (SSSR count). The highest BCUT2D eigenvalue weighted by molar-refractivity contribution is 6.03. The van der Waals surface area contributed by atoms with Gasteiger partial charge in [-0.3, -0.25) is 9.59 Å². The van der Waals surface area contributed by atoms with Crippen molar-refractivity contribution in [3.8, 4) is 0 Å². The molecule has 0 bridgehead atoms. The van der Waals surface area contributed by atoms with Crippen molar-refractivity contribution in [2.45, 2.75) is 20.4 Å². The molecule has 0 saturated heterocycles. The number of anilines is 1. The molecular weight excluding hydrogens is 384 g/mol. The van der Waals surface area contributed by atoms with Crippen LogP contribution in [-0.4, -0.2) is 28.8 Å². The highest BCUT2D eigenvalue weighted by Gasteiger charge is 2.18. The predicted octanol–water partition coefficient (Wildman–Crippen LogP) is 4.18. The van der Waals surface area contributed by atoms with E-state index in [2.05, 4.69) is 11.9 Å². The monoisotopic (exact) mass is 406 g/mol. The van der Waals surface area contributed by atoms with Gasteiger partial charge in [-0.15, -0.1) is 6.58 Å². The molecule has 0 spiro atoms. The Morgan fingerprint density at radius 1 is 1.17 bits per heavy atom. The molecule has 2 aromatic heterocycles. The number of esters is 1. The summed E-state index contributed by atoms with van der Waals surface area (Å²) in [5.74, 6) is -1.10. The number of furan rings is 1. The number of benzene rings is 1. The Labute approximate surface area is 174 Å². The number of hydrogen-bond acceptors (Lipinski definition) is 5. The van der Waals surface area contributed by atoms with E-state index >= 15 is 0 Å². The molecule has 0 aliphatic rings. The van der Waals surface area contributed by atoms with Crippen molar-refractivity contribution in [1.29, 1.82) is 0 Å². The Bertz CT molecular complexity index is 1080. The van der Waals surface area contributed by atoms with Gasteiger partial charge in [-0.1, -0.05) is 6.08 Å². The summed E-state index contributed by atoms with van der Waals surface area (Å²) in [5.41, 5.74) is 3.05. The second-order valence-corrected chi connectivity index (χ2v) is 6.69. The number of ether oxygens (including phenoxy) is 1. The van der Waals surface area contributed by atoms with Crippen molar-refractivity contribution in [3.05, 3.63) is 89.7 Å². The summed E-state index contributed by atoms with van der Waals surface area (Å²) >= 11 is 0. The first-order valence-corrected chi connectivity index (χ1v) is 9.33. The number of nitrogens with zero attached hydrogens (tertiary/aromatic N) is 1. The fourth-order valence-electron chi connectivity index (χ4n) is 3.08. The standard InChI is InChI=1S/C23H22N2O5/c1-4-11-25-15(2)13-19(16(25)3)20(26)14-30-23(28)17-7-9-18(10-8-17)24-22(27)21-6-5-12-29-21/h4-10,12-13H,1,11,14H2,2-3H3,(H,24,27). The van der Waals surface area contributed by atoms with E-state index in [4.69, 9.17) is 9.15 Å². The van der Waals surface area contributed by atoms with Gasteiger partial charge in [0.2, 0.25) is 5.78 Å². The normalized spacial score (nSPS) is 10.5. The second kappa shape index (κ2) is 9.09. The van der Waals surface area contributed by atoms with Crippen LogP contribution in [0.15, 0.2) is 65.8 Å².